The van der Waals surface area contributed by atoms with Gasteiger partial charge in [-0.1, -0.05) is 317 Å². The number of aryl methyl sites for hydroxylation is 10. The fourth-order valence-corrected chi connectivity index (χ4v) is 11.8. The average molecular weight is 1500 g/mol. The smallest absolute Gasteiger partial charge is 0.545 e. The van der Waals surface area contributed by atoms with E-state index in [1.54, 1.807) is 0 Å². The molecule has 1 aromatic heterocycles. The third-order valence-electron chi connectivity index (χ3n) is 17.4. The zero-order valence-electron chi connectivity index (χ0n) is 62.4. The third-order valence-corrected chi connectivity index (χ3v) is 17.4. The van der Waals surface area contributed by atoms with Gasteiger partial charge < -0.3 is 44.3 Å². The Kier molecular flexibility index (Phi) is 32.7. The molecule has 12 heteroatoms. The molecule has 0 spiro atoms. The van der Waals surface area contributed by atoms with E-state index in [9.17, 15) is 39.6 Å². The molecule has 10 nitrogen and oxygen atoms in total. The van der Waals surface area contributed by atoms with Crippen molar-refractivity contribution in [2.75, 3.05) is 13.2 Å². The summed E-state index contributed by atoms with van der Waals surface area (Å²) in [6.07, 6.45) is 0. The molecule has 0 radical (unpaired) electrons. The summed E-state index contributed by atoms with van der Waals surface area (Å²) in [5.74, 6) is -4.62. The summed E-state index contributed by atoms with van der Waals surface area (Å²) < 4.78 is 4.83. The topological polar surface area (TPSA) is 183 Å². The first-order valence-corrected chi connectivity index (χ1v) is 34.9. The molecule has 107 heavy (non-hydrogen) atoms. The predicted octanol–water partition coefficient (Wildman–Crippen LogP) is 18.7. The summed E-state index contributed by atoms with van der Waals surface area (Å²) in [5.41, 5.74) is 24.7. The Morgan fingerprint density at radius 1 is 0.234 bits per heavy atom. The number of aromatic carboxylic acids is 4. The number of hydrogen-bond donors (Lipinski definition) is 0. The number of carboxylic acid groups (broad SMARTS) is 4. The monoisotopic (exact) mass is 1500 g/mol. The van der Waals surface area contributed by atoms with Crippen molar-refractivity contribution in [1.82, 2.24) is 4.98 Å². The number of carbonyl (C=O) groups is 4. The Morgan fingerprint density at radius 3 is 0.458 bits per heavy atom. The Labute approximate surface area is 651 Å². The van der Waals surface area contributed by atoms with Gasteiger partial charge in [0.05, 0.1) is 23.9 Å². The number of aromatic nitrogens is 1. The zero-order chi connectivity index (χ0) is 75.7. The molecule has 0 aliphatic carbocycles. The second-order valence-electron chi connectivity index (χ2n) is 25.7. The molecular weight excluding hydrogens is 1410 g/mol. The van der Waals surface area contributed by atoms with Gasteiger partial charge >= 0.3 is 34.1 Å². The van der Waals surface area contributed by atoms with Crippen molar-refractivity contribution < 1.29 is 78.5 Å². The SMILES string of the molecule is CCOCC.Cc1ccc(-c2cccc(-c3ccc(C)cc3)c2C(=O)[O-])cc1.Cc1ccc(-c2cccc(-c3ccc(C)cc3)c2C(=O)[O-])cc1.Cc1ccc(-c2cccc(-c3ccc(C)cc3)c2C(=O)[O-])cc1.Cc1ccc(-c2cccc(-c3ccc(C)cc3)c2C(=O)[O-])cc1.Cc1cccc(C)n1.[Fe+2].[Fe+2]. The van der Waals surface area contributed by atoms with Crippen molar-refractivity contribution in [2.45, 2.75) is 83.1 Å². The molecule has 0 aliphatic rings. The summed E-state index contributed by atoms with van der Waals surface area (Å²) in [5, 5.41) is 47.2. The fourth-order valence-electron chi connectivity index (χ4n) is 11.8. The van der Waals surface area contributed by atoms with Crippen LogP contribution in [0.5, 0.6) is 0 Å². The third kappa shape index (κ3) is 23.8. The number of ether oxygens (including phenoxy) is 1. The van der Waals surface area contributed by atoms with Crippen molar-refractivity contribution in [2.24, 2.45) is 0 Å². The van der Waals surface area contributed by atoms with Gasteiger partial charge in [-0.2, -0.15) is 0 Å². The van der Waals surface area contributed by atoms with Gasteiger partial charge in [-0.3, -0.25) is 4.98 Å². The molecule has 0 aliphatic heterocycles. The summed E-state index contributed by atoms with van der Waals surface area (Å²) in [7, 11) is 0. The number of carboxylic acids is 4. The van der Waals surface area contributed by atoms with Crippen LogP contribution in [0, 0.1) is 69.2 Å². The largest absolute Gasteiger partial charge is 2.00 e. The molecule has 0 unspecified atom stereocenters. The van der Waals surface area contributed by atoms with Crippen molar-refractivity contribution >= 4 is 23.9 Å². The maximum absolute atomic E-state index is 11.8. The first kappa shape index (κ1) is 84.6. The molecule has 12 aromatic carbocycles. The van der Waals surface area contributed by atoms with E-state index in [0.717, 1.165) is 114 Å². The minimum atomic E-state index is -1.16. The Balaban J connectivity index is 0.000000210. The van der Waals surface area contributed by atoms with E-state index < -0.39 is 23.9 Å². The van der Waals surface area contributed by atoms with Crippen LogP contribution in [0.15, 0.2) is 285 Å². The van der Waals surface area contributed by atoms with Gasteiger partial charge in [0.2, 0.25) is 0 Å². The van der Waals surface area contributed by atoms with E-state index in [-0.39, 0.29) is 56.4 Å². The molecule has 0 saturated heterocycles. The van der Waals surface area contributed by atoms with Crippen LogP contribution in [0.25, 0.3) is 89.0 Å². The van der Waals surface area contributed by atoms with E-state index in [1.807, 2.05) is 368 Å². The van der Waals surface area contributed by atoms with E-state index in [0.29, 0.717) is 44.5 Å². The van der Waals surface area contributed by atoms with Crippen LogP contribution >= 0.6 is 0 Å². The molecule has 0 atom stereocenters. The summed E-state index contributed by atoms with van der Waals surface area (Å²) in [6, 6.07) is 90.9. The minimum Gasteiger partial charge on any atom is -0.545 e. The van der Waals surface area contributed by atoms with Crippen molar-refractivity contribution in [3.63, 3.8) is 0 Å². The van der Waals surface area contributed by atoms with E-state index in [4.69, 9.17) is 4.74 Å². The number of carbonyl (C=O) groups excluding carboxylic acids is 4. The Morgan fingerprint density at radius 2 is 0.364 bits per heavy atom. The quantitative estimate of drug-likeness (QED) is 0.0950. The number of rotatable bonds is 14. The van der Waals surface area contributed by atoms with E-state index in [1.165, 1.54) is 0 Å². The van der Waals surface area contributed by atoms with Crippen LogP contribution in [0.2, 0.25) is 0 Å². The van der Waals surface area contributed by atoms with Crippen LogP contribution < -0.4 is 20.4 Å². The predicted molar refractivity (Wildman–Crippen MR) is 420 cm³/mol. The van der Waals surface area contributed by atoms with Gasteiger partial charge in [-0.15, -0.1) is 0 Å². The average Bonchev–Trinajstić information content (AvgIpc) is 0.810. The van der Waals surface area contributed by atoms with Crippen molar-refractivity contribution in [3.8, 4) is 89.0 Å². The van der Waals surface area contributed by atoms with Gasteiger partial charge in [0.15, 0.2) is 0 Å². The van der Waals surface area contributed by atoms with Gasteiger partial charge in [0, 0.05) is 46.9 Å². The second kappa shape index (κ2) is 41.4. The molecule has 13 rings (SSSR count). The van der Waals surface area contributed by atoms with E-state index in [2.05, 4.69) is 4.98 Å². The molecule has 0 N–H and O–H groups in total. The number of hydrogen-bond acceptors (Lipinski definition) is 10. The normalized spacial score (nSPS) is 10.1. The van der Waals surface area contributed by atoms with Gasteiger partial charge in [-0.25, -0.2) is 0 Å². The molecule has 13 aromatic rings. The maximum atomic E-state index is 11.8. The number of nitrogens with zero attached hydrogens (tertiary/aromatic N) is 1. The van der Waals surface area contributed by atoms with Crippen LogP contribution in [-0.2, 0) is 38.9 Å². The van der Waals surface area contributed by atoms with Gasteiger partial charge in [-0.05, 0) is 184 Å². The van der Waals surface area contributed by atoms with Gasteiger partial charge in [0.1, 0.15) is 0 Å². The molecular formula is C95H87Fe2NO9. The molecule has 0 saturated carbocycles. The zero-order valence-corrected chi connectivity index (χ0v) is 64.6. The Hall–Kier alpha value is -11.3. The minimum absolute atomic E-state index is 0. The number of benzene rings is 12. The molecule has 542 valence electrons. The van der Waals surface area contributed by atoms with Crippen molar-refractivity contribution in [1.29, 1.82) is 0 Å². The summed E-state index contributed by atoms with van der Waals surface area (Å²) >= 11 is 0. The maximum Gasteiger partial charge on any atom is 2.00 e. The Bertz CT molecular complexity index is 4190. The number of pyridine rings is 1. The molecule has 1 heterocycles. The standard InChI is InChI=1S/4C21H18O2.C7H9N.C4H10O.2Fe/c4*1-14-6-10-16(11-7-14)18-4-3-5-19(20(18)21(22)23)17-12-8-15(2)9-13-17;1-6-4-3-5-7(2)8-6;1-3-5-4-2;;/h4*3-13H,1-2H3,(H,22,23);3-5H,1-2H3;3-4H2,1-2H3;;/q;;;;;;2*+2/p-4. The first-order chi connectivity index (χ1) is 50.4. The molecule has 0 bridgehead atoms. The van der Waals surface area contributed by atoms with E-state index >= 15 is 0 Å². The summed E-state index contributed by atoms with van der Waals surface area (Å²) in [4.78, 5) is 51.4. The molecule has 0 amide bonds. The van der Waals surface area contributed by atoms with Crippen LogP contribution in [0.4, 0.5) is 0 Å². The van der Waals surface area contributed by atoms with Crippen LogP contribution in [0.3, 0.4) is 0 Å². The summed E-state index contributed by atoms with van der Waals surface area (Å²) in [6.45, 7) is 25.7. The van der Waals surface area contributed by atoms with Crippen LogP contribution in [0.1, 0.15) is 111 Å². The first-order valence-electron chi connectivity index (χ1n) is 34.9. The molecule has 0 fully saturated rings. The van der Waals surface area contributed by atoms with Crippen molar-refractivity contribution in [3.05, 3.63) is 363 Å². The van der Waals surface area contributed by atoms with Crippen LogP contribution in [-0.4, -0.2) is 42.1 Å². The fraction of sp³-hybridized carbons (Fsp3) is 0.147. The van der Waals surface area contributed by atoms with Gasteiger partial charge in [0.25, 0.3) is 0 Å². The second-order valence-corrected chi connectivity index (χ2v) is 25.7.